The Bertz CT molecular complexity index is 1090. The van der Waals surface area contributed by atoms with Gasteiger partial charge in [-0.1, -0.05) is 48.0 Å². The van der Waals surface area contributed by atoms with Crippen LogP contribution in [-0.2, 0) is 11.3 Å². The molecule has 6 heteroatoms. The minimum Gasteiger partial charge on any atom is -0.317 e. The van der Waals surface area contributed by atoms with E-state index in [1.54, 1.807) is 6.08 Å². The molecule has 0 bridgehead atoms. The van der Waals surface area contributed by atoms with Gasteiger partial charge in [-0.2, -0.15) is 0 Å². The summed E-state index contributed by atoms with van der Waals surface area (Å²) in [6, 6.07) is 19.1. The molecule has 1 fully saturated rings. The Kier molecular flexibility index (Phi) is 5.11. The number of rotatable bonds is 4. The fourth-order valence-corrected chi connectivity index (χ4v) is 4.01. The van der Waals surface area contributed by atoms with Crippen molar-refractivity contribution in [3.05, 3.63) is 93.6 Å². The van der Waals surface area contributed by atoms with Gasteiger partial charge in [-0.05, 0) is 60.2 Å². The zero-order chi connectivity index (χ0) is 19.7. The number of hydrogen-bond donors (Lipinski definition) is 0. The second kappa shape index (κ2) is 7.70. The van der Waals surface area contributed by atoms with Crippen LogP contribution in [0.25, 0.3) is 11.8 Å². The molecule has 3 aromatic rings. The monoisotopic (exact) mass is 408 g/mol. The van der Waals surface area contributed by atoms with Gasteiger partial charge < -0.3 is 4.57 Å². The Morgan fingerprint density at radius 2 is 1.82 bits per heavy atom. The van der Waals surface area contributed by atoms with Gasteiger partial charge in [0.05, 0.1) is 11.4 Å². The van der Waals surface area contributed by atoms with E-state index >= 15 is 0 Å². The minimum absolute atomic E-state index is 0.253. The average Bonchev–Trinajstić information content (AvgIpc) is 3.25. The molecule has 0 saturated carbocycles. The molecule has 2 heterocycles. The summed E-state index contributed by atoms with van der Waals surface area (Å²) in [6.45, 7) is 2.23. The molecule has 1 aliphatic rings. The third kappa shape index (κ3) is 3.63. The predicted octanol–water partition coefficient (Wildman–Crippen LogP) is 5.68. The molecule has 0 spiro atoms. The summed E-state index contributed by atoms with van der Waals surface area (Å²) >= 11 is 7.22. The van der Waals surface area contributed by atoms with Crippen molar-refractivity contribution in [1.29, 1.82) is 0 Å². The van der Waals surface area contributed by atoms with Crippen molar-refractivity contribution < 1.29 is 9.59 Å². The second-order valence-corrected chi connectivity index (χ2v) is 7.89. The van der Waals surface area contributed by atoms with Crippen molar-refractivity contribution in [1.82, 2.24) is 9.47 Å². The number of hydrogen-bond acceptors (Lipinski definition) is 3. The van der Waals surface area contributed by atoms with Crippen LogP contribution in [0.1, 0.15) is 16.8 Å². The third-order valence-corrected chi connectivity index (χ3v) is 5.86. The lowest BCUT2D eigenvalue weighted by Crippen LogP contribution is -2.27. The van der Waals surface area contributed by atoms with Gasteiger partial charge in [0.25, 0.3) is 11.1 Å². The molecular formula is C22H17ClN2O2S. The molecular weight excluding hydrogens is 392 g/mol. The molecule has 1 aliphatic heterocycles. The first-order chi connectivity index (χ1) is 13.5. The van der Waals surface area contributed by atoms with Gasteiger partial charge in [0, 0.05) is 22.6 Å². The van der Waals surface area contributed by atoms with Crippen molar-refractivity contribution >= 4 is 40.6 Å². The molecule has 0 aliphatic carbocycles. The van der Waals surface area contributed by atoms with E-state index in [1.807, 2.05) is 78.4 Å². The summed E-state index contributed by atoms with van der Waals surface area (Å²) in [5.74, 6) is -0.270. The van der Waals surface area contributed by atoms with Crippen LogP contribution < -0.4 is 0 Å². The topological polar surface area (TPSA) is 42.3 Å². The van der Waals surface area contributed by atoms with Gasteiger partial charge >= 0.3 is 0 Å². The second-order valence-electron chi connectivity index (χ2n) is 6.49. The lowest BCUT2D eigenvalue weighted by molar-refractivity contribution is -0.123. The van der Waals surface area contributed by atoms with Crippen LogP contribution in [-0.4, -0.2) is 20.6 Å². The predicted molar refractivity (Wildman–Crippen MR) is 113 cm³/mol. The fourth-order valence-electron chi connectivity index (χ4n) is 3.02. The summed E-state index contributed by atoms with van der Waals surface area (Å²) in [7, 11) is 0. The Balaban J connectivity index is 1.62. The molecule has 1 aromatic heterocycles. The maximum Gasteiger partial charge on any atom is 0.293 e. The van der Waals surface area contributed by atoms with Crippen molar-refractivity contribution in [2.75, 3.05) is 0 Å². The number of carbonyl (C=O) groups excluding carboxylic acids is 2. The standard InChI is InChI=1S/C22H17ClN2O2S/c1-15-9-10-18(12-19(15)23)24-11-5-8-17(24)13-20-21(26)25(22(27)28-20)14-16-6-3-2-4-7-16/h2-13H,14H2,1H3/b20-13-. The number of amides is 2. The first kappa shape index (κ1) is 18.6. The van der Waals surface area contributed by atoms with E-state index < -0.39 is 0 Å². The van der Waals surface area contributed by atoms with E-state index in [0.29, 0.717) is 9.93 Å². The molecule has 2 aromatic carbocycles. The first-order valence-corrected chi connectivity index (χ1v) is 9.95. The lowest BCUT2D eigenvalue weighted by Gasteiger charge is -2.12. The Morgan fingerprint density at radius 1 is 1.04 bits per heavy atom. The highest BCUT2D eigenvalue weighted by Crippen LogP contribution is 2.34. The van der Waals surface area contributed by atoms with Gasteiger partial charge in [-0.15, -0.1) is 0 Å². The molecule has 4 nitrogen and oxygen atoms in total. The zero-order valence-electron chi connectivity index (χ0n) is 15.1. The molecule has 28 heavy (non-hydrogen) atoms. The Labute approximate surface area is 172 Å². The SMILES string of the molecule is Cc1ccc(-n2cccc2/C=C2\SC(=O)N(Cc3ccccc3)C2=O)cc1Cl. The summed E-state index contributed by atoms with van der Waals surface area (Å²) < 4.78 is 1.94. The number of imide groups is 1. The van der Waals surface area contributed by atoms with Crippen LogP contribution in [0, 0.1) is 6.92 Å². The normalized spacial score (nSPS) is 15.6. The summed E-state index contributed by atoms with van der Waals surface area (Å²) in [4.78, 5) is 26.8. The van der Waals surface area contributed by atoms with E-state index in [2.05, 4.69) is 0 Å². The van der Waals surface area contributed by atoms with Crippen molar-refractivity contribution in [3.63, 3.8) is 0 Å². The summed E-state index contributed by atoms with van der Waals surface area (Å²) in [6.07, 6.45) is 3.66. The van der Waals surface area contributed by atoms with Crippen molar-refractivity contribution in [2.24, 2.45) is 0 Å². The summed E-state index contributed by atoms with van der Waals surface area (Å²) in [5, 5.41) is 0.428. The van der Waals surface area contributed by atoms with Gasteiger partial charge in [-0.3, -0.25) is 14.5 Å². The number of aryl methyl sites for hydroxylation is 1. The van der Waals surface area contributed by atoms with E-state index in [0.717, 1.165) is 34.3 Å². The first-order valence-electron chi connectivity index (χ1n) is 8.76. The van der Waals surface area contributed by atoms with E-state index in [4.69, 9.17) is 11.6 Å². The highest BCUT2D eigenvalue weighted by molar-refractivity contribution is 8.18. The average molecular weight is 409 g/mol. The van der Waals surface area contributed by atoms with Crippen LogP contribution in [0.4, 0.5) is 4.79 Å². The summed E-state index contributed by atoms with van der Waals surface area (Å²) in [5.41, 5.74) is 3.63. The molecule has 4 rings (SSSR count). The molecule has 2 amide bonds. The Hall–Kier alpha value is -2.76. The number of aromatic nitrogens is 1. The number of carbonyl (C=O) groups is 2. The smallest absolute Gasteiger partial charge is 0.293 e. The molecule has 0 unspecified atom stereocenters. The number of halogens is 1. The number of thioether (sulfide) groups is 1. The maximum atomic E-state index is 12.8. The quantitative estimate of drug-likeness (QED) is 0.522. The molecule has 0 N–H and O–H groups in total. The van der Waals surface area contributed by atoms with Crippen LogP contribution in [0.15, 0.2) is 71.8 Å². The molecule has 1 saturated heterocycles. The highest BCUT2D eigenvalue weighted by Gasteiger charge is 2.35. The third-order valence-electron chi connectivity index (χ3n) is 4.55. The van der Waals surface area contributed by atoms with Crippen LogP contribution >= 0.6 is 23.4 Å². The molecule has 140 valence electrons. The maximum absolute atomic E-state index is 12.8. The van der Waals surface area contributed by atoms with Gasteiger partial charge in [-0.25, -0.2) is 0 Å². The van der Waals surface area contributed by atoms with Gasteiger partial charge in [0.1, 0.15) is 0 Å². The highest BCUT2D eigenvalue weighted by atomic mass is 35.5. The lowest BCUT2D eigenvalue weighted by atomic mass is 10.2. The van der Waals surface area contributed by atoms with E-state index in [9.17, 15) is 9.59 Å². The molecule has 0 atom stereocenters. The minimum atomic E-state index is -0.270. The van der Waals surface area contributed by atoms with Crippen LogP contribution in [0.2, 0.25) is 5.02 Å². The number of nitrogens with zero attached hydrogens (tertiary/aromatic N) is 2. The molecule has 0 radical (unpaired) electrons. The van der Waals surface area contributed by atoms with Crippen LogP contribution in [0.3, 0.4) is 0 Å². The largest absolute Gasteiger partial charge is 0.317 e. The van der Waals surface area contributed by atoms with Crippen LogP contribution in [0.5, 0.6) is 0 Å². The van der Waals surface area contributed by atoms with Crippen molar-refractivity contribution in [2.45, 2.75) is 13.5 Å². The van der Waals surface area contributed by atoms with Gasteiger partial charge in [0.15, 0.2) is 0 Å². The Morgan fingerprint density at radius 3 is 2.57 bits per heavy atom. The van der Waals surface area contributed by atoms with Gasteiger partial charge in [0.2, 0.25) is 0 Å². The van der Waals surface area contributed by atoms with E-state index in [1.165, 1.54) is 4.90 Å². The number of benzene rings is 2. The van der Waals surface area contributed by atoms with E-state index in [-0.39, 0.29) is 17.7 Å². The fraction of sp³-hybridized carbons (Fsp3) is 0.0909. The zero-order valence-corrected chi connectivity index (χ0v) is 16.7. The van der Waals surface area contributed by atoms with Crippen molar-refractivity contribution in [3.8, 4) is 5.69 Å².